The zero-order chi connectivity index (χ0) is 23.4. The normalized spacial score (nSPS) is 16.7. The average Bonchev–Trinajstić information content (AvgIpc) is 2.92. The molecule has 4 rings (SSSR count). The summed E-state index contributed by atoms with van der Waals surface area (Å²) < 4.78 is 6.18. The van der Waals surface area contributed by atoms with Crippen LogP contribution in [0.25, 0.3) is 0 Å². The summed E-state index contributed by atoms with van der Waals surface area (Å²) >= 11 is 0. The van der Waals surface area contributed by atoms with Crippen molar-refractivity contribution < 1.29 is 19.4 Å². The van der Waals surface area contributed by atoms with Gasteiger partial charge in [0.25, 0.3) is 0 Å². The Labute approximate surface area is 194 Å². The van der Waals surface area contributed by atoms with Crippen molar-refractivity contribution in [3.8, 4) is 5.75 Å². The number of rotatable bonds is 7. The van der Waals surface area contributed by atoms with Gasteiger partial charge in [0.15, 0.2) is 0 Å². The van der Waals surface area contributed by atoms with E-state index in [0.717, 1.165) is 45.6 Å². The van der Waals surface area contributed by atoms with Crippen LogP contribution in [0, 0.1) is 6.92 Å². The van der Waals surface area contributed by atoms with Gasteiger partial charge in [-0.2, -0.15) is 0 Å². The van der Waals surface area contributed by atoms with E-state index < -0.39 is 11.5 Å². The number of carbonyl (C=O) groups excluding carboxylic acids is 1. The van der Waals surface area contributed by atoms with Gasteiger partial charge in [0, 0.05) is 18.9 Å². The molecule has 5 heteroatoms. The standard InChI is InChI=1S/C28H29NO4/c1-19-7-13-26-25(17-19)28(29-20(2)30,24-6-4-3-5-23(24)18-33-26)16-15-22-10-8-21(9-11-22)12-14-27(31)32/h3-11,13,17H,12,14-16,18H2,1-2H3,(H,29,30)(H,31,32). The first-order valence-corrected chi connectivity index (χ1v) is 11.3. The van der Waals surface area contributed by atoms with E-state index in [4.69, 9.17) is 9.84 Å². The summed E-state index contributed by atoms with van der Waals surface area (Å²) in [4.78, 5) is 23.4. The van der Waals surface area contributed by atoms with Crippen LogP contribution in [-0.4, -0.2) is 17.0 Å². The van der Waals surface area contributed by atoms with E-state index in [0.29, 0.717) is 19.4 Å². The summed E-state index contributed by atoms with van der Waals surface area (Å²) in [6, 6.07) is 22.4. The minimum atomic E-state index is -0.792. The SMILES string of the molecule is CC(=O)NC1(CCc2ccc(CCC(=O)O)cc2)c2ccccc2COc2ccc(C)cc21. The van der Waals surface area contributed by atoms with Crippen molar-refractivity contribution in [2.24, 2.45) is 0 Å². The first-order valence-electron chi connectivity index (χ1n) is 11.3. The van der Waals surface area contributed by atoms with Crippen molar-refractivity contribution >= 4 is 11.9 Å². The molecule has 2 N–H and O–H groups in total. The fraction of sp³-hybridized carbons (Fsp3) is 0.286. The molecule has 0 aliphatic carbocycles. The highest BCUT2D eigenvalue weighted by Crippen LogP contribution is 2.44. The van der Waals surface area contributed by atoms with E-state index >= 15 is 0 Å². The Morgan fingerprint density at radius 3 is 2.36 bits per heavy atom. The van der Waals surface area contributed by atoms with Gasteiger partial charge in [-0.1, -0.05) is 60.2 Å². The monoisotopic (exact) mass is 443 g/mol. The Balaban J connectivity index is 1.73. The lowest BCUT2D eigenvalue weighted by molar-refractivity contribution is -0.137. The lowest BCUT2D eigenvalue weighted by atomic mass is 9.76. The fourth-order valence-corrected chi connectivity index (χ4v) is 4.69. The van der Waals surface area contributed by atoms with Crippen LogP contribution in [-0.2, 0) is 34.6 Å². The van der Waals surface area contributed by atoms with Gasteiger partial charge in [-0.15, -0.1) is 0 Å². The maximum absolute atomic E-state index is 12.5. The minimum absolute atomic E-state index is 0.0943. The van der Waals surface area contributed by atoms with E-state index in [1.54, 1.807) is 6.92 Å². The van der Waals surface area contributed by atoms with Gasteiger partial charge in [0.1, 0.15) is 12.4 Å². The van der Waals surface area contributed by atoms with Crippen molar-refractivity contribution in [2.75, 3.05) is 0 Å². The highest BCUT2D eigenvalue weighted by Gasteiger charge is 2.40. The Bertz CT molecular complexity index is 1170. The number of fused-ring (bicyclic) bond motifs is 2. The highest BCUT2D eigenvalue weighted by molar-refractivity contribution is 5.76. The molecular weight excluding hydrogens is 414 g/mol. The molecule has 0 spiro atoms. The van der Waals surface area contributed by atoms with Crippen LogP contribution >= 0.6 is 0 Å². The molecule has 5 nitrogen and oxygen atoms in total. The second-order valence-electron chi connectivity index (χ2n) is 8.74. The summed E-state index contributed by atoms with van der Waals surface area (Å²) in [7, 11) is 0. The predicted molar refractivity (Wildman–Crippen MR) is 127 cm³/mol. The summed E-state index contributed by atoms with van der Waals surface area (Å²) in [5, 5.41) is 12.2. The van der Waals surface area contributed by atoms with Gasteiger partial charge in [0.05, 0.1) is 5.54 Å². The number of carboxylic acid groups (broad SMARTS) is 1. The molecule has 1 amide bonds. The number of carboxylic acids is 1. The predicted octanol–water partition coefficient (Wildman–Crippen LogP) is 4.92. The molecular formula is C28H29NO4. The van der Waals surface area contributed by atoms with Crippen molar-refractivity contribution in [3.05, 3.63) is 100 Å². The number of aryl methyl sites for hydroxylation is 3. The Morgan fingerprint density at radius 2 is 1.67 bits per heavy atom. The zero-order valence-electron chi connectivity index (χ0n) is 19.1. The van der Waals surface area contributed by atoms with Gasteiger partial charge in [-0.05, 0) is 60.6 Å². The Kier molecular flexibility index (Phi) is 6.50. The van der Waals surface area contributed by atoms with E-state index in [1.165, 1.54) is 0 Å². The highest BCUT2D eigenvalue weighted by atomic mass is 16.5. The molecule has 1 atom stereocenters. The third kappa shape index (κ3) is 4.92. The van der Waals surface area contributed by atoms with Crippen LogP contribution in [0.5, 0.6) is 5.75 Å². The summed E-state index contributed by atoms with van der Waals surface area (Å²) in [6.45, 7) is 4.06. The van der Waals surface area contributed by atoms with Gasteiger partial charge in [-0.25, -0.2) is 0 Å². The molecule has 0 bridgehead atoms. The third-order valence-corrected chi connectivity index (χ3v) is 6.28. The first kappa shape index (κ1) is 22.6. The third-order valence-electron chi connectivity index (χ3n) is 6.28. The van der Waals surface area contributed by atoms with E-state index in [-0.39, 0.29) is 12.3 Å². The average molecular weight is 444 g/mol. The minimum Gasteiger partial charge on any atom is -0.489 e. The zero-order valence-corrected chi connectivity index (χ0v) is 19.1. The molecule has 3 aromatic rings. The maximum Gasteiger partial charge on any atom is 0.303 e. The number of amides is 1. The van der Waals surface area contributed by atoms with Gasteiger partial charge in [-0.3, -0.25) is 9.59 Å². The Morgan fingerprint density at radius 1 is 0.970 bits per heavy atom. The van der Waals surface area contributed by atoms with Crippen molar-refractivity contribution in [2.45, 2.75) is 51.7 Å². The van der Waals surface area contributed by atoms with Crippen LogP contribution in [0.1, 0.15) is 53.1 Å². The van der Waals surface area contributed by atoms with Crippen LogP contribution in [0.2, 0.25) is 0 Å². The molecule has 1 heterocycles. The molecule has 170 valence electrons. The molecule has 0 radical (unpaired) electrons. The molecule has 1 unspecified atom stereocenters. The first-order chi connectivity index (χ1) is 15.9. The molecule has 33 heavy (non-hydrogen) atoms. The molecule has 3 aromatic carbocycles. The topological polar surface area (TPSA) is 75.6 Å². The van der Waals surface area contributed by atoms with Crippen LogP contribution in [0.4, 0.5) is 0 Å². The van der Waals surface area contributed by atoms with Crippen LogP contribution < -0.4 is 10.1 Å². The van der Waals surface area contributed by atoms with E-state index in [1.807, 2.05) is 43.3 Å². The molecule has 0 saturated carbocycles. The van der Waals surface area contributed by atoms with Gasteiger partial charge in [0.2, 0.25) is 5.91 Å². The van der Waals surface area contributed by atoms with Crippen molar-refractivity contribution in [1.82, 2.24) is 5.32 Å². The van der Waals surface area contributed by atoms with Crippen molar-refractivity contribution in [3.63, 3.8) is 0 Å². The van der Waals surface area contributed by atoms with E-state index in [2.05, 4.69) is 35.6 Å². The summed E-state index contributed by atoms with van der Waals surface area (Å²) in [6.07, 6.45) is 2.04. The molecule has 0 aromatic heterocycles. The lowest BCUT2D eigenvalue weighted by Gasteiger charge is -2.36. The summed E-state index contributed by atoms with van der Waals surface area (Å²) in [5.41, 5.74) is 5.62. The Hall–Kier alpha value is -3.60. The largest absolute Gasteiger partial charge is 0.489 e. The molecule has 0 saturated heterocycles. The number of aliphatic carboxylic acids is 1. The second kappa shape index (κ2) is 9.49. The molecule has 0 fully saturated rings. The molecule has 1 aliphatic rings. The smallest absolute Gasteiger partial charge is 0.303 e. The number of nitrogens with one attached hydrogen (secondary N) is 1. The number of ether oxygens (including phenoxy) is 1. The maximum atomic E-state index is 12.5. The number of benzene rings is 3. The van der Waals surface area contributed by atoms with Crippen LogP contribution in [0.3, 0.4) is 0 Å². The van der Waals surface area contributed by atoms with Gasteiger partial charge < -0.3 is 15.2 Å². The van der Waals surface area contributed by atoms with Gasteiger partial charge >= 0.3 is 5.97 Å². The second-order valence-corrected chi connectivity index (χ2v) is 8.74. The lowest BCUT2D eigenvalue weighted by Crippen LogP contribution is -2.46. The quantitative estimate of drug-likeness (QED) is 0.544. The number of hydrogen-bond acceptors (Lipinski definition) is 3. The van der Waals surface area contributed by atoms with Crippen molar-refractivity contribution in [1.29, 1.82) is 0 Å². The van der Waals surface area contributed by atoms with E-state index in [9.17, 15) is 9.59 Å². The fourth-order valence-electron chi connectivity index (χ4n) is 4.69. The number of carbonyl (C=O) groups is 2. The number of hydrogen-bond donors (Lipinski definition) is 2. The van der Waals surface area contributed by atoms with Crippen LogP contribution in [0.15, 0.2) is 66.7 Å². The summed E-state index contributed by atoms with van der Waals surface area (Å²) in [5.74, 6) is -0.0997. The molecule has 1 aliphatic heterocycles.